The lowest BCUT2D eigenvalue weighted by Gasteiger charge is -2.31. The van der Waals surface area contributed by atoms with E-state index in [-0.39, 0.29) is 10.8 Å². The van der Waals surface area contributed by atoms with Crippen molar-refractivity contribution in [3.63, 3.8) is 0 Å². The number of sulfonamides is 1. The van der Waals surface area contributed by atoms with Gasteiger partial charge in [-0.1, -0.05) is 0 Å². The van der Waals surface area contributed by atoms with Crippen molar-refractivity contribution < 1.29 is 22.7 Å². The van der Waals surface area contributed by atoms with Gasteiger partial charge in [0, 0.05) is 39.3 Å². The minimum atomic E-state index is -3.50. The fraction of sp³-hybridized carbons (Fsp3) is 0.611. The number of nitrogens with zero attached hydrogens (tertiary/aromatic N) is 3. The van der Waals surface area contributed by atoms with E-state index in [0.717, 1.165) is 13.1 Å². The molecule has 0 aromatic heterocycles. The minimum Gasteiger partial charge on any atom is -0.481 e. The van der Waals surface area contributed by atoms with Crippen LogP contribution in [0, 0.1) is 0 Å². The minimum absolute atomic E-state index is 0.0903. The largest absolute Gasteiger partial charge is 0.481 e. The molecule has 3 rings (SSSR count). The molecule has 0 N–H and O–H groups in total. The van der Waals surface area contributed by atoms with Crippen LogP contribution in [0.15, 0.2) is 29.2 Å². The maximum atomic E-state index is 12.7. The average molecular weight is 397 g/mol. The lowest BCUT2D eigenvalue weighted by molar-refractivity contribution is -0.142. The average Bonchev–Trinajstić information content (AvgIpc) is 2.69. The molecule has 0 bridgehead atoms. The highest BCUT2D eigenvalue weighted by atomic mass is 32.2. The van der Waals surface area contributed by atoms with Crippen molar-refractivity contribution in [1.29, 1.82) is 0 Å². The summed E-state index contributed by atoms with van der Waals surface area (Å²) in [6.45, 7) is 6.33. The van der Waals surface area contributed by atoms with Gasteiger partial charge in [0.05, 0.1) is 18.1 Å². The van der Waals surface area contributed by atoms with Crippen LogP contribution in [-0.2, 0) is 19.6 Å². The van der Waals surface area contributed by atoms with Gasteiger partial charge in [0.25, 0.3) is 5.91 Å². The second kappa shape index (κ2) is 8.55. The third kappa shape index (κ3) is 4.78. The molecule has 8 nitrogen and oxygen atoms in total. The Bertz CT molecular complexity index is 739. The zero-order valence-corrected chi connectivity index (χ0v) is 16.7. The maximum absolute atomic E-state index is 12.7. The van der Waals surface area contributed by atoms with Crippen LogP contribution in [0.2, 0.25) is 0 Å². The number of piperazine rings is 1. The number of ether oxygens (including phenoxy) is 2. The first-order valence-electron chi connectivity index (χ1n) is 9.20. The number of hydrogen-bond acceptors (Lipinski definition) is 6. The van der Waals surface area contributed by atoms with Gasteiger partial charge in [0.2, 0.25) is 10.0 Å². The van der Waals surface area contributed by atoms with Crippen LogP contribution in [0.1, 0.15) is 6.92 Å². The van der Waals surface area contributed by atoms with Gasteiger partial charge in [-0.25, -0.2) is 8.42 Å². The smallest absolute Gasteiger partial charge is 0.263 e. The first-order chi connectivity index (χ1) is 12.9. The Morgan fingerprint density at radius 1 is 1.04 bits per heavy atom. The van der Waals surface area contributed by atoms with E-state index >= 15 is 0 Å². The van der Waals surface area contributed by atoms with E-state index < -0.39 is 16.1 Å². The van der Waals surface area contributed by atoms with Gasteiger partial charge in [-0.3, -0.25) is 4.79 Å². The summed E-state index contributed by atoms with van der Waals surface area (Å²) in [6, 6.07) is 6.28. The third-order valence-corrected chi connectivity index (χ3v) is 6.82. The molecular weight excluding hydrogens is 370 g/mol. The Morgan fingerprint density at radius 3 is 2.22 bits per heavy atom. The van der Waals surface area contributed by atoms with E-state index in [9.17, 15) is 13.2 Å². The first-order valence-corrected chi connectivity index (χ1v) is 10.6. The van der Waals surface area contributed by atoms with Crippen molar-refractivity contribution in [2.24, 2.45) is 0 Å². The SMILES string of the molecule is C[C@H](Oc1ccc(S(=O)(=O)N2CCN(C)CC2)cc1)C(=O)N1CCOCC1. The van der Waals surface area contributed by atoms with Crippen molar-refractivity contribution in [2.45, 2.75) is 17.9 Å². The predicted molar refractivity (Wildman–Crippen MR) is 100 cm³/mol. The summed E-state index contributed by atoms with van der Waals surface area (Å²) >= 11 is 0. The molecule has 2 aliphatic heterocycles. The zero-order chi connectivity index (χ0) is 19.4. The predicted octanol–water partition coefficient (Wildman–Crippen LogP) is 0.249. The number of carbonyl (C=O) groups is 1. The molecule has 2 fully saturated rings. The fourth-order valence-corrected chi connectivity index (χ4v) is 4.59. The first kappa shape index (κ1) is 20.1. The van der Waals surface area contributed by atoms with Gasteiger partial charge < -0.3 is 19.3 Å². The highest BCUT2D eigenvalue weighted by molar-refractivity contribution is 7.89. The normalized spacial score (nSPS) is 21.0. The lowest BCUT2D eigenvalue weighted by atomic mass is 10.3. The number of hydrogen-bond donors (Lipinski definition) is 0. The molecule has 1 aromatic rings. The summed E-state index contributed by atoms with van der Waals surface area (Å²) in [4.78, 5) is 16.5. The zero-order valence-electron chi connectivity index (χ0n) is 15.8. The summed E-state index contributed by atoms with van der Waals surface area (Å²) in [5.41, 5.74) is 0. The Kier molecular flexibility index (Phi) is 6.36. The van der Waals surface area contributed by atoms with Gasteiger partial charge in [0.1, 0.15) is 5.75 Å². The molecule has 2 saturated heterocycles. The van der Waals surface area contributed by atoms with Crippen LogP contribution in [-0.4, -0.2) is 94.1 Å². The van der Waals surface area contributed by atoms with Crippen molar-refractivity contribution in [3.05, 3.63) is 24.3 Å². The second-order valence-electron chi connectivity index (χ2n) is 6.88. The van der Waals surface area contributed by atoms with Crippen molar-refractivity contribution in [1.82, 2.24) is 14.1 Å². The molecule has 0 saturated carbocycles. The Balaban J connectivity index is 1.62. The lowest BCUT2D eigenvalue weighted by Crippen LogP contribution is -2.47. The van der Waals surface area contributed by atoms with E-state index in [1.165, 1.54) is 16.4 Å². The number of morpholine rings is 1. The van der Waals surface area contributed by atoms with Gasteiger partial charge in [0.15, 0.2) is 6.10 Å². The van der Waals surface area contributed by atoms with E-state index in [4.69, 9.17) is 9.47 Å². The molecule has 0 spiro atoms. The third-order valence-electron chi connectivity index (χ3n) is 4.91. The Morgan fingerprint density at radius 2 is 1.63 bits per heavy atom. The topological polar surface area (TPSA) is 79.4 Å². The van der Waals surface area contributed by atoms with Crippen molar-refractivity contribution in [2.75, 3.05) is 59.5 Å². The number of benzene rings is 1. The van der Waals surface area contributed by atoms with Crippen LogP contribution >= 0.6 is 0 Å². The summed E-state index contributed by atoms with van der Waals surface area (Å²) in [5.74, 6) is 0.383. The number of amides is 1. The van der Waals surface area contributed by atoms with Gasteiger partial charge >= 0.3 is 0 Å². The highest BCUT2D eigenvalue weighted by Gasteiger charge is 2.28. The van der Waals surface area contributed by atoms with Gasteiger partial charge in [-0.15, -0.1) is 0 Å². The van der Waals surface area contributed by atoms with Crippen LogP contribution in [0.25, 0.3) is 0 Å². The van der Waals surface area contributed by atoms with Gasteiger partial charge in [-0.05, 0) is 38.2 Å². The second-order valence-corrected chi connectivity index (χ2v) is 8.81. The van der Waals surface area contributed by atoms with E-state index in [1.807, 2.05) is 7.05 Å². The molecule has 1 amide bonds. The molecule has 1 aromatic carbocycles. The summed E-state index contributed by atoms with van der Waals surface area (Å²) in [7, 11) is -1.52. The van der Waals surface area contributed by atoms with Gasteiger partial charge in [-0.2, -0.15) is 4.31 Å². The molecule has 2 aliphatic rings. The van der Waals surface area contributed by atoms with Crippen molar-refractivity contribution in [3.8, 4) is 5.75 Å². The van der Waals surface area contributed by atoms with E-state index in [2.05, 4.69) is 4.90 Å². The van der Waals surface area contributed by atoms with Crippen LogP contribution in [0.3, 0.4) is 0 Å². The molecule has 150 valence electrons. The van der Waals surface area contributed by atoms with Crippen LogP contribution < -0.4 is 4.74 Å². The van der Waals surface area contributed by atoms with Crippen LogP contribution in [0.5, 0.6) is 5.75 Å². The summed E-state index contributed by atoms with van der Waals surface area (Å²) < 4.78 is 37.9. The fourth-order valence-electron chi connectivity index (χ4n) is 3.16. The molecule has 0 unspecified atom stereocenters. The quantitative estimate of drug-likeness (QED) is 0.709. The molecule has 0 aliphatic carbocycles. The Hall–Kier alpha value is -1.68. The standard InChI is InChI=1S/C18H27N3O5S/c1-15(18(22)20-11-13-25-14-12-20)26-16-3-5-17(6-4-16)27(23,24)21-9-7-19(2)8-10-21/h3-6,15H,7-14H2,1-2H3/t15-/m0/s1. The van der Waals surface area contributed by atoms with Crippen molar-refractivity contribution >= 4 is 15.9 Å². The number of carbonyl (C=O) groups excluding carboxylic acids is 1. The van der Waals surface area contributed by atoms with Crippen LogP contribution in [0.4, 0.5) is 0 Å². The molecule has 2 heterocycles. The molecular formula is C18H27N3O5S. The summed E-state index contributed by atoms with van der Waals surface area (Å²) in [5, 5.41) is 0. The number of rotatable bonds is 5. The Labute approximate surface area is 160 Å². The molecule has 1 atom stereocenters. The van der Waals surface area contributed by atoms with E-state index in [1.54, 1.807) is 24.0 Å². The molecule has 27 heavy (non-hydrogen) atoms. The molecule has 9 heteroatoms. The highest BCUT2D eigenvalue weighted by Crippen LogP contribution is 2.21. The van der Waals surface area contributed by atoms with E-state index in [0.29, 0.717) is 45.1 Å². The summed E-state index contributed by atoms with van der Waals surface area (Å²) in [6.07, 6.45) is -0.636. The maximum Gasteiger partial charge on any atom is 0.263 e. The molecule has 0 radical (unpaired) electrons. The monoisotopic (exact) mass is 397 g/mol. The number of likely N-dealkylation sites (N-methyl/N-ethyl adjacent to an activating group) is 1.